The van der Waals surface area contributed by atoms with Crippen LogP contribution in [-0.2, 0) is 11.8 Å². The average Bonchev–Trinajstić information content (AvgIpc) is 3.22. The average molecular weight is 358 g/mol. The minimum atomic E-state index is -0.387. The first kappa shape index (κ1) is 17.4. The van der Waals surface area contributed by atoms with Crippen molar-refractivity contribution in [2.75, 3.05) is 13.1 Å². The van der Waals surface area contributed by atoms with Crippen LogP contribution in [0, 0.1) is 0 Å². The Morgan fingerprint density at radius 3 is 2.85 bits per heavy atom. The molecule has 1 aliphatic carbocycles. The highest BCUT2D eigenvalue weighted by Gasteiger charge is 2.31. The predicted octanol–water partition coefficient (Wildman–Crippen LogP) is 0.897. The smallest absolute Gasteiger partial charge is 0.305 e. The predicted molar refractivity (Wildman–Crippen MR) is 97.5 cm³/mol. The summed E-state index contributed by atoms with van der Waals surface area (Å²) in [6, 6.07) is -0.308. The first-order valence-electron chi connectivity index (χ1n) is 9.54. The third-order valence-corrected chi connectivity index (χ3v) is 5.59. The van der Waals surface area contributed by atoms with E-state index in [2.05, 4.69) is 28.0 Å². The first-order valence-corrected chi connectivity index (χ1v) is 9.54. The molecule has 2 aromatic rings. The Labute approximate surface area is 153 Å². The van der Waals surface area contributed by atoms with Crippen LogP contribution in [0.5, 0.6) is 0 Å². The van der Waals surface area contributed by atoms with E-state index in [1.54, 1.807) is 4.90 Å². The van der Waals surface area contributed by atoms with Gasteiger partial charge in [0.05, 0.1) is 31.1 Å². The first-order chi connectivity index (χ1) is 12.4. The van der Waals surface area contributed by atoms with Gasteiger partial charge in [-0.25, -0.2) is 14.5 Å². The van der Waals surface area contributed by atoms with Crippen molar-refractivity contribution in [2.24, 2.45) is 7.05 Å². The molecule has 4 rings (SSSR count). The van der Waals surface area contributed by atoms with Crippen LogP contribution in [0.15, 0.2) is 12.4 Å². The molecule has 0 radical (unpaired) electrons. The Balaban J connectivity index is 1.52. The molecule has 2 aromatic heterocycles. The second-order valence-corrected chi connectivity index (χ2v) is 7.83. The molecule has 3 heterocycles. The summed E-state index contributed by atoms with van der Waals surface area (Å²) in [6.07, 6.45) is 6.83. The lowest BCUT2D eigenvalue weighted by molar-refractivity contribution is -0.647. The fourth-order valence-electron chi connectivity index (χ4n) is 3.88. The van der Waals surface area contributed by atoms with Crippen molar-refractivity contribution in [1.82, 2.24) is 20.2 Å². The van der Waals surface area contributed by atoms with Gasteiger partial charge < -0.3 is 10.0 Å². The van der Waals surface area contributed by atoms with Crippen LogP contribution in [0.25, 0.3) is 11.2 Å². The maximum atomic E-state index is 12.6. The van der Waals surface area contributed by atoms with Gasteiger partial charge in [-0.05, 0) is 33.1 Å². The van der Waals surface area contributed by atoms with Crippen molar-refractivity contribution in [3.8, 4) is 0 Å². The van der Waals surface area contributed by atoms with Gasteiger partial charge in [-0.15, -0.1) is 0 Å². The Hall–Kier alpha value is -1.99. The Bertz CT molecular complexity index is 829. The molecule has 140 valence electrons. The summed E-state index contributed by atoms with van der Waals surface area (Å²) >= 11 is 0. The third-order valence-electron chi connectivity index (χ3n) is 5.59. The Morgan fingerprint density at radius 2 is 2.19 bits per heavy atom. The molecular weight excluding hydrogens is 330 g/mol. The van der Waals surface area contributed by atoms with E-state index in [1.807, 2.05) is 20.2 Å². The van der Waals surface area contributed by atoms with Gasteiger partial charge >= 0.3 is 5.65 Å². The van der Waals surface area contributed by atoms with Crippen molar-refractivity contribution in [3.63, 3.8) is 0 Å². The highest BCUT2D eigenvalue weighted by molar-refractivity contribution is 5.82. The summed E-state index contributed by atoms with van der Waals surface area (Å²) < 4.78 is 2.10. The molecule has 3 atom stereocenters. The SMILES string of the molecule is CC(NC(C)c1c[nH]c2c1nc(C1CC1)c[n+]2C)C(=O)N1CCC(O)C1. The van der Waals surface area contributed by atoms with E-state index in [9.17, 15) is 9.90 Å². The van der Waals surface area contributed by atoms with Crippen LogP contribution in [0.3, 0.4) is 0 Å². The maximum absolute atomic E-state index is 12.6. The van der Waals surface area contributed by atoms with Gasteiger partial charge in [0, 0.05) is 30.6 Å². The van der Waals surface area contributed by atoms with E-state index in [0.717, 1.165) is 22.4 Å². The molecule has 7 heteroatoms. The summed E-state index contributed by atoms with van der Waals surface area (Å²) in [4.78, 5) is 22.6. The summed E-state index contributed by atoms with van der Waals surface area (Å²) in [5.74, 6) is 0.643. The number of rotatable bonds is 5. The number of β-amino-alcohol motifs (C(OH)–C–C–N with tert-alkyl or cyclic N) is 1. The molecule has 0 bridgehead atoms. The van der Waals surface area contributed by atoms with Gasteiger partial charge in [0.1, 0.15) is 6.20 Å². The van der Waals surface area contributed by atoms with Gasteiger partial charge in [-0.3, -0.25) is 10.1 Å². The minimum absolute atomic E-state index is 0.00261. The quantitative estimate of drug-likeness (QED) is 0.693. The van der Waals surface area contributed by atoms with Crippen molar-refractivity contribution in [2.45, 2.75) is 57.2 Å². The molecule has 3 N–H and O–H groups in total. The number of aromatic amines is 1. The van der Waals surface area contributed by atoms with Crippen molar-refractivity contribution in [3.05, 3.63) is 23.7 Å². The molecule has 1 saturated heterocycles. The second kappa shape index (κ2) is 6.63. The number of likely N-dealkylation sites (tertiary alicyclic amines) is 1. The summed E-state index contributed by atoms with van der Waals surface area (Å²) in [7, 11) is 2.04. The number of aliphatic hydroxyl groups excluding tert-OH is 1. The molecule has 3 unspecified atom stereocenters. The van der Waals surface area contributed by atoms with Crippen molar-refractivity contribution < 1.29 is 14.5 Å². The van der Waals surface area contributed by atoms with Crippen LogP contribution >= 0.6 is 0 Å². The number of carbonyl (C=O) groups is 1. The number of fused-ring (bicyclic) bond motifs is 1. The molecule has 1 saturated carbocycles. The molecule has 1 amide bonds. The third kappa shape index (κ3) is 3.21. The van der Waals surface area contributed by atoms with Gasteiger partial charge in [0.15, 0.2) is 5.52 Å². The number of aliphatic hydroxyl groups is 1. The number of nitrogens with zero attached hydrogens (tertiary/aromatic N) is 3. The zero-order chi connectivity index (χ0) is 18.4. The normalized spacial score (nSPS) is 22.8. The lowest BCUT2D eigenvalue weighted by Crippen LogP contribution is -2.45. The zero-order valence-electron chi connectivity index (χ0n) is 15.7. The molecule has 1 aliphatic heterocycles. The van der Waals surface area contributed by atoms with E-state index >= 15 is 0 Å². The lowest BCUT2D eigenvalue weighted by Gasteiger charge is -2.24. The monoisotopic (exact) mass is 358 g/mol. The van der Waals surface area contributed by atoms with E-state index in [0.29, 0.717) is 25.4 Å². The number of amides is 1. The second-order valence-electron chi connectivity index (χ2n) is 7.83. The highest BCUT2D eigenvalue weighted by atomic mass is 16.3. The molecule has 0 aromatic carbocycles. The van der Waals surface area contributed by atoms with E-state index in [1.165, 1.54) is 12.8 Å². The molecule has 7 nitrogen and oxygen atoms in total. The van der Waals surface area contributed by atoms with Crippen LogP contribution in [0.2, 0.25) is 0 Å². The number of aromatic nitrogens is 3. The number of nitrogens with one attached hydrogen (secondary N) is 2. The van der Waals surface area contributed by atoms with Crippen molar-refractivity contribution >= 4 is 17.1 Å². The zero-order valence-corrected chi connectivity index (χ0v) is 15.7. The highest BCUT2D eigenvalue weighted by Crippen LogP contribution is 2.39. The fourth-order valence-corrected chi connectivity index (χ4v) is 3.88. The number of carbonyl (C=O) groups excluding carboxylic acids is 1. The largest absolute Gasteiger partial charge is 0.391 e. The number of hydrogen-bond donors (Lipinski definition) is 3. The minimum Gasteiger partial charge on any atom is -0.391 e. The van der Waals surface area contributed by atoms with Gasteiger partial charge in [-0.1, -0.05) is 0 Å². The molecule has 0 spiro atoms. The van der Waals surface area contributed by atoms with Gasteiger partial charge in [0.2, 0.25) is 5.91 Å². The van der Waals surface area contributed by atoms with E-state index < -0.39 is 0 Å². The Morgan fingerprint density at radius 1 is 1.42 bits per heavy atom. The number of hydrogen-bond acceptors (Lipinski definition) is 4. The number of aryl methyl sites for hydroxylation is 1. The molecule has 2 fully saturated rings. The lowest BCUT2D eigenvalue weighted by atomic mass is 10.1. The van der Waals surface area contributed by atoms with Gasteiger partial charge in [-0.2, -0.15) is 0 Å². The number of H-pyrrole nitrogens is 1. The topological polar surface area (TPSA) is 85.1 Å². The van der Waals surface area contributed by atoms with Crippen LogP contribution in [0.4, 0.5) is 0 Å². The van der Waals surface area contributed by atoms with Crippen LogP contribution < -0.4 is 9.88 Å². The van der Waals surface area contributed by atoms with Crippen LogP contribution in [0.1, 0.15) is 56.3 Å². The summed E-state index contributed by atoms with van der Waals surface area (Å²) in [6.45, 7) is 5.03. The van der Waals surface area contributed by atoms with Crippen LogP contribution in [-0.4, -0.2) is 51.1 Å². The van der Waals surface area contributed by atoms with E-state index in [-0.39, 0.29) is 24.1 Å². The standard InChI is InChI=1S/C19H27N5O2/c1-11(21-12(2)19(26)24-7-6-14(25)9-24)15-8-20-18-17(15)22-16(10-23(18)3)13-4-5-13/h8,10-14,21,25H,4-7,9H2,1-3H3/p+1. The Kier molecular flexibility index (Phi) is 4.44. The van der Waals surface area contributed by atoms with E-state index in [4.69, 9.17) is 4.98 Å². The fraction of sp³-hybridized carbons (Fsp3) is 0.632. The summed E-state index contributed by atoms with van der Waals surface area (Å²) in [5, 5.41) is 13.1. The molecule has 2 aliphatic rings. The maximum Gasteiger partial charge on any atom is 0.305 e. The van der Waals surface area contributed by atoms with Crippen molar-refractivity contribution in [1.29, 1.82) is 0 Å². The molecular formula is C19H28N5O2+. The summed E-state index contributed by atoms with van der Waals surface area (Å²) in [5.41, 5.74) is 4.22. The molecule has 26 heavy (non-hydrogen) atoms. The van der Waals surface area contributed by atoms with Gasteiger partial charge in [0.25, 0.3) is 0 Å².